The molecule has 6 heteroatoms. The monoisotopic (exact) mass is 437 g/mol. The van der Waals surface area contributed by atoms with Gasteiger partial charge in [-0.1, -0.05) is 56.3 Å². The maximum absolute atomic E-state index is 12.9. The fourth-order valence-corrected chi connectivity index (χ4v) is 3.91. The first kappa shape index (κ1) is 21.8. The Bertz CT molecular complexity index is 1440. The standard InChI is InChI=1S/C25H17N3O3.C2H6/c1-14-6-7-17(13-28-14)15-8-10-16(11-9-15)21-19(12-26)24(27)31-23-18-4-2-3-5-20(18)30-25(29)22(21)23;1-2/h2-11,13,21H,27H2,1H3;1-2H3. The molecule has 33 heavy (non-hydrogen) atoms. The largest absolute Gasteiger partial charge is 0.439 e. The van der Waals surface area contributed by atoms with E-state index < -0.39 is 11.5 Å². The van der Waals surface area contributed by atoms with Crippen LogP contribution >= 0.6 is 0 Å². The topological polar surface area (TPSA) is 102 Å². The second-order valence-corrected chi connectivity index (χ2v) is 7.36. The number of ether oxygens (including phenoxy) is 1. The molecule has 2 N–H and O–H groups in total. The third-order valence-electron chi connectivity index (χ3n) is 5.46. The molecule has 2 aromatic heterocycles. The van der Waals surface area contributed by atoms with Crippen LogP contribution in [0.2, 0.25) is 0 Å². The van der Waals surface area contributed by atoms with Crippen molar-refractivity contribution in [2.45, 2.75) is 26.7 Å². The van der Waals surface area contributed by atoms with Gasteiger partial charge in [-0.3, -0.25) is 4.98 Å². The van der Waals surface area contributed by atoms with Gasteiger partial charge in [0.2, 0.25) is 5.88 Å². The third-order valence-corrected chi connectivity index (χ3v) is 5.46. The van der Waals surface area contributed by atoms with Gasteiger partial charge in [0.15, 0.2) is 5.75 Å². The number of aryl methyl sites for hydroxylation is 1. The summed E-state index contributed by atoms with van der Waals surface area (Å²) in [4.78, 5) is 17.3. The molecule has 0 spiro atoms. The van der Waals surface area contributed by atoms with Crippen LogP contribution in [0.25, 0.3) is 22.1 Å². The summed E-state index contributed by atoms with van der Waals surface area (Å²) in [6.45, 7) is 5.94. The molecule has 2 aromatic carbocycles. The molecule has 1 unspecified atom stereocenters. The highest BCUT2D eigenvalue weighted by molar-refractivity contribution is 5.86. The van der Waals surface area contributed by atoms with Crippen molar-refractivity contribution in [3.63, 3.8) is 0 Å². The summed E-state index contributed by atoms with van der Waals surface area (Å²) in [5.74, 6) is -0.359. The number of aromatic nitrogens is 1. The molecule has 5 rings (SSSR count). The Morgan fingerprint density at radius 2 is 1.70 bits per heavy atom. The van der Waals surface area contributed by atoms with E-state index in [1.807, 2.05) is 69.4 Å². The zero-order valence-electron chi connectivity index (χ0n) is 18.6. The Morgan fingerprint density at radius 3 is 2.36 bits per heavy atom. The number of hydrogen-bond donors (Lipinski definition) is 1. The maximum Gasteiger partial charge on any atom is 0.344 e. The van der Waals surface area contributed by atoms with Crippen molar-refractivity contribution in [2.24, 2.45) is 5.73 Å². The van der Waals surface area contributed by atoms with E-state index in [2.05, 4.69) is 11.1 Å². The molecule has 4 aromatic rings. The van der Waals surface area contributed by atoms with Gasteiger partial charge in [-0.2, -0.15) is 5.26 Å². The van der Waals surface area contributed by atoms with E-state index >= 15 is 0 Å². The van der Waals surface area contributed by atoms with Crippen molar-refractivity contribution in [1.82, 2.24) is 4.98 Å². The number of benzene rings is 2. The molecule has 0 bridgehead atoms. The normalized spacial score (nSPS) is 14.5. The van der Waals surface area contributed by atoms with E-state index in [1.54, 1.807) is 18.2 Å². The Kier molecular flexibility index (Phi) is 5.97. The van der Waals surface area contributed by atoms with E-state index in [0.29, 0.717) is 16.7 Å². The van der Waals surface area contributed by atoms with Gasteiger partial charge in [0.05, 0.1) is 16.9 Å². The molecule has 1 aliphatic heterocycles. The van der Waals surface area contributed by atoms with Crippen molar-refractivity contribution in [2.75, 3.05) is 0 Å². The molecule has 6 nitrogen and oxygen atoms in total. The minimum atomic E-state index is -0.681. The summed E-state index contributed by atoms with van der Waals surface area (Å²) in [7, 11) is 0. The van der Waals surface area contributed by atoms with Crippen LogP contribution in [0.15, 0.2) is 87.5 Å². The lowest BCUT2D eigenvalue weighted by molar-refractivity contribution is 0.388. The van der Waals surface area contributed by atoms with Crippen LogP contribution in [0, 0.1) is 18.3 Å². The number of rotatable bonds is 2. The number of allylic oxidation sites excluding steroid dienone is 1. The average molecular weight is 437 g/mol. The lowest BCUT2D eigenvalue weighted by Gasteiger charge is -2.26. The SMILES string of the molecule is CC.Cc1ccc(-c2ccc(C3C(C#N)=C(N)Oc4c3c(=O)oc3ccccc43)cc2)cn1. The fraction of sp³-hybridized carbons (Fsp3) is 0.148. The van der Waals surface area contributed by atoms with E-state index in [-0.39, 0.29) is 17.0 Å². The zero-order chi connectivity index (χ0) is 23.5. The van der Waals surface area contributed by atoms with Crippen LogP contribution in [-0.4, -0.2) is 4.98 Å². The molecule has 3 heterocycles. The van der Waals surface area contributed by atoms with E-state index in [9.17, 15) is 10.1 Å². The molecule has 0 radical (unpaired) electrons. The smallest absolute Gasteiger partial charge is 0.344 e. The predicted octanol–water partition coefficient (Wildman–Crippen LogP) is 5.41. The van der Waals surface area contributed by atoms with Crippen LogP contribution in [-0.2, 0) is 0 Å². The van der Waals surface area contributed by atoms with Crippen LogP contribution in [0.4, 0.5) is 0 Å². The first-order chi connectivity index (χ1) is 16.1. The number of fused-ring (bicyclic) bond motifs is 3. The highest BCUT2D eigenvalue weighted by atomic mass is 16.5. The van der Waals surface area contributed by atoms with Gasteiger partial charge >= 0.3 is 5.63 Å². The molecule has 0 saturated carbocycles. The number of hydrogen-bond acceptors (Lipinski definition) is 6. The summed E-state index contributed by atoms with van der Waals surface area (Å²) in [5, 5.41) is 10.4. The quantitative estimate of drug-likeness (QED) is 0.421. The zero-order valence-corrected chi connectivity index (χ0v) is 18.6. The Labute approximate surface area is 191 Å². The molecule has 1 aliphatic rings. The predicted molar refractivity (Wildman–Crippen MR) is 128 cm³/mol. The van der Waals surface area contributed by atoms with Crippen molar-refractivity contribution >= 4 is 11.0 Å². The first-order valence-corrected chi connectivity index (χ1v) is 10.7. The molecule has 0 aliphatic carbocycles. The highest BCUT2D eigenvalue weighted by Crippen LogP contribution is 2.43. The maximum atomic E-state index is 12.9. The van der Waals surface area contributed by atoms with Crippen LogP contribution in [0.3, 0.4) is 0 Å². The Balaban J connectivity index is 0.00000126. The molecule has 0 amide bonds. The molecule has 0 saturated heterocycles. The van der Waals surface area contributed by atoms with Crippen LogP contribution < -0.4 is 16.1 Å². The van der Waals surface area contributed by atoms with Gasteiger partial charge in [-0.25, -0.2) is 4.79 Å². The molecule has 0 fully saturated rings. The van der Waals surface area contributed by atoms with Gasteiger partial charge < -0.3 is 14.9 Å². The van der Waals surface area contributed by atoms with Gasteiger partial charge in [0.25, 0.3) is 0 Å². The van der Waals surface area contributed by atoms with Gasteiger partial charge in [0, 0.05) is 17.5 Å². The number of pyridine rings is 1. The molecular formula is C27H23N3O3. The number of nitrogens with zero attached hydrogens (tertiary/aromatic N) is 2. The summed E-state index contributed by atoms with van der Waals surface area (Å²) < 4.78 is 11.3. The minimum absolute atomic E-state index is 0.0115. The van der Waals surface area contributed by atoms with Gasteiger partial charge in [-0.15, -0.1) is 0 Å². The number of para-hydroxylation sites is 1. The van der Waals surface area contributed by atoms with Gasteiger partial charge in [0.1, 0.15) is 17.2 Å². The molecular weight excluding hydrogens is 414 g/mol. The second kappa shape index (κ2) is 9.01. The minimum Gasteiger partial charge on any atom is -0.439 e. The molecule has 1 atom stereocenters. The lowest BCUT2D eigenvalue weighted by atomic mass is 9.83. The average Bonchev–Trinajstić information content (AvgIpc) is 2.85. The van der Waals surface area contributed by atoms with Crippen molar-refractivity contribution < 1.29 is 9.15 Å². The highest BCUT2D eigenvalue weighted by Gasteiger charge is 2.35. The lowest BCUT2D eigenvalue weighted by Crippen LogP contribution is -2.26. The first-order valence-electron chi connectivity index (χ1n) is 10.7. The summed E-state index contributed by atoms with van der Waals surface area (Å²) in [5.41, 5.74) is 10.0. The number of nitriles is 1. The van der Waals surface area contributed by atoms with Crippen molar-refractivity contribution in [3.05, 3.63) is 106 Å². The fourth-order valence-electron chi connectivity index (χ4n) is 3.91. The van der Waals surface area contributed by atoms with E-state index in [4.69, 9.17) is 14.9 Å². The Morgan fingerprint density at radius 1 is 1.00 bits per heavy atom. The molecule has 164 valence electrons. The Hall–Kier alpha value is -4.37. The second-order valence-electron chi connectivity index (χ2n) is 7.36. The van der Waals surface area contributed by atoms with Gasteiger partial charge in [-0.05, 0) is 36.2 Å². The number of nitrogens with two attached hydrogens (primary N) is 1. The van der Waals surface area contributed by atoms with Crippen LogP contribution in [0.5, 0.6) is 5.75 Å². The summed E-state index contributed by atoms with van der Waals surface area (Å²) in [6, 6.07) is 20.8. The van der Waals surface area contributed by atoms with Crippen LogP contribution in [0.1, 0.15) is 36.6 Å². The van der Waals surface area contributed by atoms with Crippen molar-refractivity contribution in [3.8, 4) is 22.9 Å². The summed E-state index contributed by atoms with van der Waals surface area (Å²) >= 11 is 0. The summed E-state index contributed by atoms with van der Waals surface area (Å²) in [6.07, 6.45) is 1.81. The third kappa shape index (κ3) is 3.85. The van der Waals surface area contributed by atoms with Crippen molar-refractivity contribution in [1.29, 1.82) is 5.26 Å². The van der Waals surface area contributed by atoms with E-state index in [0.717, 1.165) is 22.4 Å². The van der Waals surface area contributed by atoms with E-state index in [1.165, 1.54) is 0 Å².